The first-order valence-corrected chi connectivity index (χ1v) is 7.86. The molecule has 0 aliphatic rings. The quantitative estimate of drug-likeness (QED) is 0.800. The Bertz CT molecular complexity index is 645. The van der Waals surface area contributed by atoms with Crippen LogP contribution in [0.15, 0.2) is 24.3 Å². The van der Waals surface area contributed by atoms with E-state index in [2.05, 4.69) is 5.32 Å². The van der Waals surface area contributed by atoms with E-state index in [-0.39, 0.29) is 11.7 Å². The van der Waals surface area contributed by atoms with E-state index in [0.29, 0.717) is 23.0 Å². The Labute approximate surface area is 131 Å². The van der Waals surface area contributed by atoms with Crippen molar-refractivity contribution in [1.82, 2.24) is 9.88 Å². The maximum absolute atomic E-state index is 12.2. The van der Waals surface area contributed by atoms with E-state index in [1.165, 1.54) is 11.8 Å². The number of carboxylic acids is 1. The highest BCUT2D eigenvalue weighted by molar-refractivity contribution is 7.99. The van der Waals surface area contributed by atoms with Crippen LogP contribution in [0.4, 0.5) is 0 Å². The number of carboxylic acid groups (broad SMARTS) is 1. The Morgan fingerprint density at radius 2 is 2.10 bits per heavy atom. The van der Waals surface area contributed by atoms with E-state index >= 15 is 0 Å². The minimum atomic E-state index is -0.858. The normalized spacial score (nSPS) is 10.8. The van der Waals surface area contributed by atoms with Gasteiger partial charge in [-0.1, -0.05) is 29.8 Å². The fourth-order valence-electron chi connectivity index (χ4n) is 2.08. The van der Waals surface area contributed by atoms with E-state index in [1.807, 2.05) is 24.3 Å². The molecule has 2 aromatic rings. The Morgan fingerprint density at radius 3 is 2.76 bits per heavy atom. The van der Waals surface area contributed by atoms with Crippen LogP contribution in [-0.2, 0) is 11.8 Å². The fraction of sp³-hybridized carbons (Fsp3) is 0.286. The predicted molar refractivity (Wildman–Crippen MR) is 85.2 cm³/mol. The molecule has 21 heavy (non-hydrogen) atoms. The van der Waals surface area contributed by atoms with Crippen molar-refractivity contribution in [2.45, 2.75) is 0 Å². The summed E-state index contributed by atoms with van der Waals surface area (Å²) in [6.07, 6.45) is 0. The summed E-state index contributed by atoms with van der Waals surface area (Å²) in [5.74, 6) is -0.540. The number of nitrogens with zero attached hydrogens (tertiary/aromatic N) is 1. The number of nitrogens with one attached hydrogen (secondary N) is 1. The molecule has 0 bridgehead atoms. The van der Waals surface area contributed by atoms with Crippen molar-refractivity contribution in [3.8, 4) is 0 Å². The van der Waals surface area contributed by atoms with Gasteiger partial charge in [-0.05, 0) is 6.07 Å². The van der Waals surface area contributed by atoms with Gasteiger partial charge in [-0.15, -0.1) is 11.8 Å². The van der Waals surface area contributed by atoms with Crippen LogP contribution in [-0.4, -0.2) is 39.6 Å². The Kier molecular flexibility index (Phi) is 5.14. The predicted octanol–water partition coefficient (Wildman–Crippen LogP) is 2.38. The van der Waals surface area contributed by atoms with Gasteiger partial charge in [-0.25, -0.2) is 0 Å². The summed E-state index contributed by atoms with van der Waals surface area (Å²) >= 11 is 7.53. The largest absolute Gasteiger partial charge is 0.481 e. The average Bonchev–Trinajstić information content (AvgIpc) is 2.71. The zero-order valence-electron chi connectivity index (χ0n) is 11.4. The molecule has 0 fully saturated rings. The smallest absolute Gasteiger partial charge is 0.313 e. The molecule has 1 aromatic carbocycles. The highest BCUT2D eigenvalue weighted by atomic mass is 35.5. The number of rotatable bonds is 6. The topological polar surface area (TPSA) is 71.3 Å². The second-order valence-electron chi connectivity index (χ2n) is 4.44. The van der Waals surface area contributed by atoms with Crippen molar-refractivity contribution in [3.05, 3.63) is 35.0 Å². The van der Waals surface area contributed by atoms with Crippen molar-refractivity contribution in [2.24, 2.45) is 7.05 Å². The molecule has 0 spiro atoms. The lowest BCUT2D eigenvalue weighted by molar-refractivity contribution is -0.133. The lowest BCUT2D eigenvalue weighted by Crippen LogP contribution is -2.28. The number of halogens is 1. The van der Waals surface area contributed by atoms with Crippen LogP contribution in [0.2, 0.25) is 5.02 Å². The first-order chi connectivity index (χ1) is 10.0. The summed E-state index contributed by atoms with van der Waals surface area (Å²) in [4.78, 5) is 22.6. The van der Waals surface area contributed by atoms with Gasteiger partial charge in [0.2, 0.25) is 0 Å². The minimum absolute atomic E-state index is 0.0324. The van der Waals surface area contributed by atoms with Crippen molar-refractivity contribution in [3.63, 3.8) is 0 Å². The maximum Gasteiger partial charge on any atom is 0.313 e. The minimum Gasteiger partial charge on any atom is -0.481 e. The molecular weight excluding hydrogens is 312 g/mol. The van der Waals surface area contributed by atoms with Gasteiger partial charge in [0, 0.05) is 30.2 Å². The molecular formula is C14H15ClN2O3S. The molecule has 0 aliphatic carbocycles. The Hall–Kier alpha value is -1.66. The van der Waals surface area contributed by atoms with Gasteiger partial charge in [0.25, 0.3) is 5.91 Å². The van der Waals surface area contributed by atoms with Crippen molar-refractivity contribution in [2.75, 3.05) is 18.1 Å². The third-order valence-electron chi connectivity index (χ3n) is 3.02. The van der Waals surface area contributed by atoms with E-state index < -0.39 is 5.97 Å². The molecule has 0 saturated carbocycles. The van der Waals surface area contributed by atoms with Crippen LogP contribution in [0.25, 0.3) is 10.9 Å². The molecule has 1 heterocycles. The van der Waals surface area contributed by atoms with E-state index in [9.17, 15) is 9.59 Å². The highest BCUT2D eigenvalue weighted by Gasteiger charge is 2.19. The molecule has 0 aliphatic heterocycles. The van der Waals surface area contributed by atoms with Crippen LogP contribution >= 0.6 is 23.4 Å². The molecule has 2 rings (SSSR count). The lowest BCUT2D eigenvalue weighted by atomic mass is 10.2. The zero-order valence-corrected chi connectivity index (χ0v) is 13.0. The van der Waals surface area contributed by atoms with Crippen molar-refractivity contribution < 1.29 is 14.7 Å². The third kappa shape index (κ3) is 3.51. The number of carbonyl (C=O) groups is 2. The molecule has 1 aromatic heterocycles. The molecule has 0 radical (unpaired) electrons. The van der Waals surface area contributed by atoms with Gasteiger partial charge in [0.15, 0.2) is 0 Å². The van der Waals surface area contributed by atoms with Crippen LogP contribution < -0.4 is 5.32 Å². The van der Waals surface area contributed by atoms with Crippen LogP contribution in [0.3, 0.4) is 0 Å². The number of hydrogen-bond donors (Lipinski definition) is 2. The Morgan fingerprint density at radius 1 is 1.38 bits per heavy atom. The SMILES string of the molecule is Cn1c(C(=O)NCCSCC(=O)O)c(Cl)c2ccccc21. The summed E-state index contributed by atoms with van der Waals surface area (Å²) in [5, 5.41) is 12.6. The monoisotopic (exact) mass is 326 g/mol. The van der Waals surface area contributed by atoms with E-state index in [0.717, 1.165) is 10.9 Å². The molecule has 0 saturated heterocycles. The number of hydrogen-bond acceptors (Lipinski definition) is 3. The molecule has 0 atom stereocenters. The van der Waals surface area contributed by atoms with Crippen LogP contribution in [0, 0.1) is 0 Å². The molecule has 1 amide bonds. The highest BCUT2D eigenvalue weighted by Crippen LogP contribution is 2.29. The summed E-state index contributed by atoms with van der Waals surface area (Å²) < 4.78 is 1.76. The summed E-state index contributed by atoms with van der Waals surface area (Å²) in [6.45, 7) is 0.397. The maximum atomic E-state index is 12.2. The van der Waals surface area contributed by atoms with Crippen molar-refractivity contribution >= 4 is 46.1 Å². The number of aryl methyl sites for hydroxylation is 1. The molecule has 7 heteroatoms. The molecule has 2 N–H and O–H groups in total. The van der Waals surface area contributed by atoms with E-state index in [1.54, 1.807) is 11.6 Å². The first-order valence-electron chi connectivity index (χ1n) is 6.33. The lowest BCUT2D eigenvalue weighted by Gasteiger charge is -2.06. The zero-order chi connectivity index (χ0) is 15.4. The second-order valence-corrected chi connectivity index (χ2v) is 5.92. The molecule has 112 valence electrons. The van der Waals surface area contributed by atoms with Gasteiger partial charge in [-0.3, -0.25) is 9.59 Å². The first kappa shape index (κ1) is 15.7. The number of fused-ring (bicyclic) bond motifs is 1. The van der Waals surface area contributed by atoms with E-state index in [4.69, 9.17) is 16.7 Å². The number of benzene rings is 1. The second kappa shape index (κ2) is 6.87. The molecule has 0 unspecified atom stereocenters. The number of thioether (sulfide) groups is 1. The van der Waals surface area contributed by atoms with Gasteiger partial charge in [0.05, 0.1) is 10.8 Å². The number of amides is 1. The number of carbonyl (C=O) groups excluding carboxylic acids is 1. The van der Waals surface area contributed by atoms with Gasteiger partial charge < -0.3 is 15.0 Å². The van der Waals surface area contributed by atoms with Gasteiger partial charge in [-0.2, -0.15) is 0 Å². The Balaban J connectivity index is 2.04. The summed E-state index contributed by atoms with van der Waals surface area (Å²) in [5.41, 5.74) is 1.31. The third-order valence-corrected chi connectivity index (χ3v) is 4.34. The molecule has 5 nitrogen and oxygen atoms in total. The summed E-state index contributed by atoms with van der Waals surface area (Å²) in [7, 11) is 1.79. The standard InChI is InChI=1S/C14H15ClN2O3S/c1-17-10-5-3-2-4-9(10)12(15)13(17)14(20)16-6-7-21-8-11(18)19/h2-5H,6-8H2,1H3,(H,16,20)(H,18,19). The van der Waals surface area contributed by atoms with Crippen LogP contribution in [0.5, 0.6) is 0 Å². The van der Waals surface area contributed by atoms with Gasteiger partial charge in [0.1, 0.15) is 5.69 Å². The number of aliphatic carboxylic acids is 1. The number of aromatic nitrogens is 1. The number of para-hydroxylation sites is 1. The summed E-state index contributed by atoms with van der Waals surface area (Å²) in [6, 6.07) is 7.54. The van der Waals surface area contributed by atoms with Crippen LogP contribution in [0.1, 0.15) is 10.5 Å². The van der Waals surface area contributed by atoms with Gasteiger partial charge >= 0.3 is 5.97 Å². The average molecular weight is 327 g/mol. The van der Waals surface area contributed by atoms with Crippen molar-refractivity contribution in [1.29, 1.82) is 0 Å². The fourth-order valence-corrected chi connectivity index (χ4v) is 3.02.